The summed E-state index contributed by atoms with van der Waals surface area (Å²) in [5.41, 5.74) is 2.72. The van der Waals surface area contributed by atoms with E-state index >= 15 is 0 Å². The molecule has 0 bridgehead atoms. The highest BCUT2D eigenvalue weighted by atomic mass is 19.1. The standard InChI is InChI=1S/2C14H18FNO4.C14H17NO4/c15-12-10-19-7-6-16(8-13(12)17)14(18)20-9-11-4-2-1-3-5-11;15-12-8-16(6-7-19-10-13(12)17)14(18)20-9-11-4-2-1-3-5-11;16-14(18-9-11-4-2-1-3-5-11)15-6-7-17-10-13-12(8-15)19-13/h2*1-5,12-13,17H,6-10H2;1-5,12-13H,6-10H2/t2*12-,13-;/m00./s1. The average molecular weight is 830 g/mol. The lowest BCUT2D eigenvalue weighted by atomic mass is 10.2. The lowest BCUT2D eigenvalue weighted by Gasteiger charge is -2.28. The van der Waals surface area contributed by atoms with Gasteiger partial charge >= 0.3 is 18.3 Å². The summed E-state index contributed by atoms with van der Waals surface area (Å²) in [6, 6.07) is 28.2. The van der Waals surface area contributed by atoms with Gasteiger partial charge in [0.1, 0.15) is 50.4 Å². The van der Waals surface area contributed by atoms with E-state index in [9.17, 15) is 33.4 Å². The largest absolute Gasteiger partial charge is 0.445 e. The molecule has 0 saturated carbocycles. The van der Waals surface area contributed by atoms with Gasteiger partial charge in [-0.1, -0.05) is 91.0 Å². The number of amides is 3. The molecule has 4 aliphatic heterocycles. The quantitative estimate of drug-likeness (QED) is 0.270. The Morgan fingerprint density at radius 1 is 0.525 bits per heavy atom. The van der Waals surface area contributed by atoms with E-state index < -0.39 is 36.7 Å². The third-order valence-electron chi connectivity index (χ3n) is 9.48. The second-order valence-electron chi connectivity index (χ2n) is 14.1. The summed E-state index contributed by atoms with van der Waals surface area (Å²) >= 11 is 0. The first-order valence-electron chi connectivity index (χ1n) is 19.6. The van der Waals surface area contributed by atoms with Crippen LogP contribution in [-0.2, 0) is 53.0 Å². The van der Waals surface area contributed by atoms with Crippen LogP contribution in [0.25, 0.3) is 0 Å². The molecule has 0 spiro atoms. The van der Waals surface area contributed by atoms with Crippen molar-refractivity contribution in [2.45, 2.75) is 56.6 Å². The number of hydrogen-bond donors (Lipinski definition) is 2. The molecule has 0 radical (unpaired) electrons. The number of nitrogens with zero attached hydrogens (tertiary/aromatic N) is 3. The molecule has 2 unspecified atom stereocenters. The van der Waals surface area contributed by atoms with Gasteiger partial charge in [0.15, 0.2) is 6.17 Å². The molecule has 6 atom stereocenters. The topological polar surface area (TPSA) is 169 Å². The Kier molecular flexibility index (Phi) is 18.6. The summed E-state index contributed by atoms with van der Waals surface area (Å²) in [4.78, 5) is 39.9. The van der Waals surface area contributed by atoms with Crippen molar-refractivity contribution in [1.29, 1.82) is 0 Å². The van der Waals surface area contributed by atoms with Crippen molar-refractivity contribution < 1.29 is 66.5 Å². The van der Waals surface area contributed by atoms with Crippen LogP contribution < -0.4 is 0 Å². The molecule has 59 heavy (non-hydrogen) atoms. The SMILES string of the molecule is O=C(OCc1ccccc1)N1CCOCC2OC2C1.O=C(OCc1ccccc1)N1CCOC[C@H](F)[C@@H](O)C1.O=C(OCc1ccccc1)N1CCOC[C@H](O)[C@@H](F)C1. The van der Waals surface area contributed by atoms with E-state index in [1.165, 1.54) is 9.80 Å². The first-order chi connectivity index (χ1) is 28.7. The Hall–Kier alpha value is -4.91. The van der Waals surface area contributed by atoms with E-state index in [2.05, 4.69) is 0 Å². The minimum atomic E-state index is -1.53. The zero-order chi connectivity index (χ0) is 41.8. The molecule has 3 amide bonds. The van der Waals surface area contributed by atoms with E-state index in [1.54, 1.807) is 4.90 Å². The van der Waals surface area contributed by atoms with Gasteiger partial charge in [0.25, 0.3) is 0 Å². The van der Waals surface area contributed by atoms with Gasteiger partial charge in [-0.3, -0.25) is 0 Å². The number of epoxide rings is 1. The molecular formula is C42H53F2N3O12. The minimum Gasteiger partial charge on any atom is -0.445 e. The number of aliphatic hydroxyl groups excluding tert-OH is 2. The number of alkyl halides is 2. The smallest absolute Gasteiger partial charge is 0.410 e. The molecule has 4 saturated heterocycles. The predicted octanol–water partition coefficient (Wildman–Crippen LogP) is 4.13. The number of benzene rings is 3. The summed E-state index contributed by atoms with van der Waals surface area (Å²) in [6.07, 6.45) is -6.68. The maximum absolute atomic E-state index is 13.6. The van der Waals surface area contributed by atoms with Crippen LogP contribution in [0.3, 0.4) is 0 Å². The number of β-amino-alcohol motifs (C(OH)–C–C–N with tert-alkyl or cyclic N) is 1. The Morgan fingerprint density at radius 2 is 0.932 bits per heavy atom. The number of fused-ring (bicyclic) bond motifs is 1. The molecule has 17 heteroatoms. The Labute approximate surface area is 342 Å². The van der Waals surface area contributed by atoms with Crippen molar-refractivity contribution in [3.05, 3.63) is 108 Å². The Bertz CT molecular complexity index is 1600. The Balaban J connectivity index is 0.000000168. The van der Waals surface area contributed by atoms with Crippen molar-refractivity contribution in [2.24, 2.45) is 0 Å². The fourth-order valence-corrected chi connectivity index (χ4v) is 5.92. The fraction of sp³-hybridized carbons (Fsp3) is 0.500. The lowest BCUT2D eigenvalue weighted by Crippen LogP contribution is -2.46. The predicted molar refractivity (Wildman–Crippen MR) is 208 cm³/mol. The zero-order valence-electron chi connectivity index (χ0n) is 32.8. The van der Waals surface area contributed by atoms with Gasteiger partial charge in [0.2, 0.25) is 0 Å². The maximum atomic E-state index is 13.6. The maximum Gasteiger partial charge on any atom is 0.410 e. The first-order valence-corrected chi connectivity index (χ1v) is 19.6. The van der Waals surface area contributed by atoms with Crippen LogP contribution in [-0.4, -0.2) is 159 Å². The molecule has 3 aromatic rings. The Morgan fingerprint density at radius 3 is 1.41 bits per heavy atom. The van der Waals surface area contributed by atoms with Crippen LogP contribution in [0.5, 0.6) is 0 Å². The molecule has 3 aromatic carbocycles. The van der Waals surface area contributed by atoms with Crippen molar-refractivity contribution in [3.8, 4) is 0 Å². The van der Waals surface area contributed by atoms with Crippen molar-refractivity contribution in [2.75, 3.05) is 78.9 Å². The first kappa shape index (κ1) is 45.2. The van der Waals surface area contributed by atoms with Crippen molar-refractivity contribution >= 4 is 18.3 Å². The van der Waals surface area contributed by atoms with Gasteiger partial charge in [-0.15, -0.1) is 0 Å². The van der Waals surface area contributed by atoms with Gasteiger partial charge in [-0.2, -0.15) is 0 Å². The van der Waals surface area contributed by atoms with E-state index in [4.69, 9.17) is 33.2 Å². The summed E-state index contributed by atoms with van der Waals surface area (Å²) < 4.78 is 63.4. The van der Waals surface area contributed by atoms with Crippen LogP contribution in [0, 0.1) is 0 Å². The van der Waals surface area contributed by atoms with Gasteiger partial charge < -0.3 is 58.1 Å². The minimum absolute atomic E-state index is 0.0475. The van der Waals surface area contributed by atoms with Gasteiger partial charge in [-0.25, -0.2) is 23.2 Å². The molecule has 15 nitrogen and oxygen atoms in total. The molecule has 4 aliphatic rings. The van der Waals surface area contributed by atoms with Crippen LogP contribution in [0.1, 0.15) is 16.7 Å². The summed E-state index contributed by atoms with van der Waals surface area (Å²) in [5.74, 6) is 0. The molecule has 4 heterocycles. The lowest BCUT2D eigenvalue weighted by molar-refractivity contribution is -0.0412. The number of ether oxygens (including phenoxy) is 7. The third-order valence-corrected chi connectivity index (χ3v) is 9.48. The van der Waals surface area contributed by atoms with E-state index in [1.807, 2.05) is 91.0 Å². The number of rotatable bonds is 6. The van der Waals surface area contributed by atoms with Gasteiger partial charge in [-0.05, 0) is 16.7 Å². The average Bonchev–Trinajstić information content (AvgIpc) is 3.98. The third kappa shape index (κ3) is 16.0. The molecule has 7 rings (SSSR count). The van der Waals surface area contributed by atoms with Crippen LogP contribution >= 0.6 is 0 Å². The van der Waals surface area contributed by atoms with Crippen molar-refractivity contribution in [1.82, 2.24) is 14.7 Å². The molecule has 0 aliphatic carbocycles. The number of halogens is 2. The highest BCUT2D eigenvalue weighted by Crippen LogP contribution is 2.25. The highest BCUT2D eigenvalue weighted by Gasteiger charge is 2.42. The van der Waals surface area contributed by atoms with Crippen LogP contribution in [0.15, 0.2) is 91.0 Å². The zero-order valence-corrected chi connectivity index (χ0v) is 32.8. The number of carbonyl (C=O) groups is 3. The van der Waals surface area contributed by atoms with Gasteiger partial charge in [0.05, 0.1) is 59.3 Å². The normalized spacial score (nSPS) is 24.5. The fourth-order valence-electron chi connectivity index (χ4n) is 5.92. The highest BCUT2D eigenvalue weighted by molar-refractivity contribution is 5.68. The molecule has 4 fully saturated rings. The molecular weight excluding hydrogens is 776 g/mol. The second kappa shape index (κ2) is 24.2. The van der Waals surface area contributed by atoms with Crippen LogP contribution in [0.4, 0.5) is 23.2 Å². The second-order valence-corrected chi connectivity index (χ2v) is 14.1. The van der Waals surface area contributed by atoms with Gasteiger partial charge in [0, 0.05) is 19.6 Å². The molecule has 2 N–H and O–H groups in total. The van der Waals surface area contributed by atoms with Crippen molar-refractivity contribution in [3.63, 3.8) is 0 Å². The summed E-state index contributed by atoms with van der Waals surface area (Å²) in [5, 5.41) is 19.0. The summed E-state index contributed by atoms with van der Waals surface area (Å²) in [6.45, 7) is 3.45. The van der Waals surface area contributed by atoms with E-state index in [0.717, 1.165) is 16.7 Å². The van der Waals surface area contributed by atoms with E-state index in [0.29, 0.717) is 32.9 Å². The van der Waals surface area contributed by atoms with Crippen LogP contribution in [0.2, 0.25) is 0 Å². The monoisotopic (exact) mass is 829 g/mol. The number of aliphatic hydroxyl groups is 2. The summed E-state index contributed by atoms with van der Waals surface area (Å²) in [7, 11) is 0. The molecule has 322 valence electrons. The number of carbonyl (C=O) groups excluding carboxylic acids is 3. The molecule has 0 aromatic heterocycles. The van der Waals surface area contributed by atoms with E-state index in [-0.39, 0.29) is 84.1 Å². The number of hydrogen-bond acceptors (Lipinski definition) is 12.